The van der Waals surface area contributed by atoms with Gasteiger partial charge in [0, 0.05) is 29.6 Å². The summed E-state index contributed by atoms with van der Waals surface area (Å²) >= 11 is 12.6. The first-order valence-corrected chi connectivity index (χ1v) is 15.2. The van der Waals surface area contributed by atoms with Crippen molar-refractivity contribution in [1.82, 2.24) is 10.2 Å². The van der Waals surface area contributed by atoms with E-state index < -0.39 is 28.5 Å². The SMILES string of the molecule is CCCNC(=O)[C@H](Cc1ccccc1)N(Cc1ccc(Cl)cc1Cl)C(=O)CN(c1cccc(C)c1)S(C)(=O)=O. The highest BCUT2D eigenvalue weighted by molar-refractivity contribution is 7.92. The largest absolute Gasteiger partial charge is 0.354 e. The van der Waals surface area contributed by atoms with E-state index in [0.29, 0.717) is 27.8 Å². The molecule has 208 valence electrons. The molecule has 0 aliphatic rings. The number of aryl methyl sites for hydroxylation is 1. The normalized spacial score (nSPS) is 12.0. The minimum atomic E-state index is -3.83. The number of benzene rings is 3. The molecule has 3 rings (SSSR count). The molecule has 0 saturated carbocycles. The van der Waals surface area contributed by atoms with Crippen molar-refractivity contribution in [2.75, 3.05) is 23.7 Å². The number of nitrogens with zero attached hydrogens (tertiary/aromatic N) is 2. The minimum Gasteiger partial charge on any atom is -0.354 e. The fraction of sp³-hybridized carbons (Fsp3) is 0.310. The van der Waals surface area contributed by atoms with Gasteiger partial charge in [-0.05, 0) is 54.3 Å². The van der Waals surface area contributed by atoms with Crippen molar-refractivity contribution in [3.8, 4) is 0 Å². The van der Waals surface area contributed by atoms with Gasteiger partial charge in [-0.2, -0.15) is 0 Å². The van der Waals surface area contributed by atoms with Crippen LogP contribution in [0.5, 0.6) is 0 Å². The molecule has 0 unspecified atom stereocenters. The number of sulfonamides is 1. The first-order chi connectivity index (χ1) is 18.5. The Balaban J connectivity index is 2.07. The molecule has 3 aromatic carbocycles. The quantitative estimate of drug-likeness (QED) is 0.313. The Kier molecular flexibility index (Phi) is 10.8. The number of hydrogen-bond donors (Lipinski definition) is 1. The lowest BCUT2D eigenvalue weighted by Gasteiger charge is -2.33. The molecule has 1 atom stereocenters. The summed E-state index contributed by atoms with van der Waals surface area (Å²) in [5, 5.41) is 3.68. The van der Waals surface area contributed by atoms with Gasteiger partial charge in [0.2, 0.25) is 21.8 Å². The highest BCUT2D eigenvalue weighted by atomic mass is 35.5. The number of halogens is 2. The van der Waals surface area contributed by atoms with Crippen molar-refractivity contribution in [2.45, 2.75) is 39.3 Å². The van der Waals surface area contributed by atoms with Gasteiger partial charge in [0.05, 0.1) is 11.9 Å². The van der Waals surface area contributed by atoms with Gasteiger partial charge >= 0.3 is 0 Å². The van der Waals surface area contributed by atoms with Gasteiger partial charge in [0.25, 0.3) is 0 Å². The molecule has 0 spiro atoms. The van der Waals surface area contributed by atoms with E-state index in [1.165, 1.54) is 4.90 Å². The fourth-order valence-corrected chi connectivity index (χ4v) is 5.46. The van der Waals surface area contributed by atoms with Gasteiger partial charge in [0.1, 0.15) is 12.6 Å². The number of rotatable bonds is 12. The van der Waals surface area contributed by atoms with E-state index in [2.05, 4.69) is 5.32 Å². The zero-order valence-corrected chi connectivity index (χ0v) is 24.6. The minimum absolute atomic E-state index is 0.0166. The fourth-order valence-electron chi connectivity index (χ4n) is 4.15. The molecular weight excluding hydrogens is 557 g/mol. The van der Waals surface area contributed by atoms with Crippen molar-refractivity contribution in [3.63, 3.8) is 0 Å². The van der Waals surface area contributed by atoms with E-state index in [1.807, 2.05) is 50.2 Å². The van der Waals surface area contributed by atoms with Crippen LogP contribution in [-0.2, 0) is 32.6 Å². The van der Waals surface area contributed by atoms with Crippen LogP contribution in [0.2, 0.25) is 10.0 Å². The molecule has 0 aliphatic carbocycles. The summed E-state index contributed by atoms with van der Waals surface area (Å²) < 4.78 is 26.7. The maximum atomic E-state index is 14.0. The molecule has 39 heavy (non-hydrogen) atoms. The molecule has 0 radical (unpaired) electrons. The second-order valence-electron chi connectivity index (χ2n) is 9.36. The molecule has 2 amide bonds. The summed E-state index contributed by atoms with van der Waals surface area (Å²) in [6.45, 7) is 3.72. The van der Waals surface area contributed by atoms with Gasteiger partial charge in [0.15, 0.2) is 0 Å². The highest BCUT2D eigenvalue weighted by Crippen LogP contribution is 2.25. The average molecular weight is 591 g/mol. The summed E-state index contributed by atoms with van der Waals surface area (Å²) in [5.74, 6) is -0.874. The van der Waals surface area contributed by atoms with Crippen LogP contribution in [-0.4, -0.2) is 50.5 Å². The number of anilines is 1. The van der Waals surface area contributed by atoms with Crippen molar-refractivity contribution < 1.29 is 18.0 Å². The lowest BCUT2D eigenvalue weighted by molar-refractivity contribution is -0.140. The van der Waals surface area contributed by atoms with Crippen molar-refractivity contribution in [1.29, 1.82) is 0 Å². The molecule has 0 bridgehead atoms. The van der Waals surface area contributed by atoms with E-state index in [1.54, 1.807) is 36.4 Å². The summed E-state index contributed by atoms with van der Waals surface area (Å²) in [5.41, 5.74) is 2.65. The maximum absolute atomic E-state index is 14.0. The molecule has 0 fully saturated rings. The van der Waals surface area contributed by atoms with Gasteiger partial charge in [-0.3, -0.25) is 13.9 Å². The van der Waals surface area contributed by atoms with Crippen LogP contribution >= 0.6 is 23.2 Å². The Morgan fingerprint density at radius 3 is 2.31 bits per heavy atom. The molecule has 1 N–H and O–H groups in total. The highest BCUT2D eigenvalue weighted by Gasteiger charge is 2.33. The Morgan fingerprint density at radius 1 is 0.974 bits per heavy atom. The first kappa shape index (κ1) is 30.5. The van der Waals surface area contributed by atoms with Gasteiger partial charge in [-0.1, -0.05) is 78.7 Å². The van der Waals surface area contributed by atoms with E-state index in [0.717, 1.165) is 28.1 Å². The first-order valence-electron chi connectivity index (χ1n) is 12.6. The Hall–Kier alpha value is -3.07. The standard InChI is InChI=1S/C29H33Cl2N3O4S/c1-4-15-32-29(36)27(17-22-10-6-5-7-11-22)33(19-23-13-14-24(30)18-26(23)31)28(35)20-34(39(3,37)38)25-12-8-9-21(2)16-25/h5-14,16,18,27H,4,15,17,19-20H2,1-3H3,(H,32,36)/t27-/m0/s1. The third-order valence-corrected chi connectivity index (χ3v) is 7.87. The van der Waals surface area contributed by atoms with Crippen LogP contribution in [0.3, 0.4) is 0 Å². The van der Waals surface area contributed by atoms with Gasteiger partial charge < -0.3 is 10.2 Å². The third kappa shape index (κ3) is 8.71. The van der Waals surface area contributed by atoms with Crippen LogP contribution in [0.15, 0.2) is 72.8 Å². The summed E-state index contributed by atoms with van der Waals surface area (Å²) in [7, 11) is -3.83. The topological polar surface area (TPSA) is 86.8 Å². The molecule has 0 heterocycles. The van der Waals surface area contributed by atoms with E-state index in [9.17, 15) is 18.0 Å². The van der Waals surface area contributed by atoms with Gasteiger partial charge in [-0.25, -0.2) is 8.42 Å². The molecule has 10 heteroatoms. The van der Waals surface area contributed by atoms with E-state index in [-0.39, 0.29) is 18.9 Å². The van der Waals surface area contributed by atoms with Crippen LogP contribution in [0.4, 0.5) is 5.69 Å². The van der Waals surface area contributed by atoms with Crippen LogP contribution < -0.4 is 9.62 Å². The number of hydrogen-bond acceptors (Lipinski definition) is 4. The monoisotopic (exact) mass is 589 g/mol. The molecule has 0 aliphatic heterocycles. The van der Waals surface area contributed by atoms with Crippen molar-refractivity contribution in [3.05, 3.63) is 99.5 Å². The number of carbonyl (C=O) groups is 2. The Bertz CT molecular complexity index is 1400. The van der Waals surface area contributed by atoms with Crippen molar-refractivity contribution >= 4 is 50.7 Å². The molecule has 7 nitrogen and oxygen atoms in total. The van der Waals surface area contributed by atoms with Crippen LogP contribution in [0.25, 0.3) is 0 Å². The average Bonchev–Trinajstić information content (AvgIpc) is 2.88. The van der Waals surface area contributed by atoms with Crippen LogP contribution in [0.1, 0.15) is 30.0 Å². The van der Waals surface area contributed by atoms with E-state index >= 15 is 0 Å². The molecule has 3 aromatic rings. The molecular formula is C29H33Cl2N3O4S. The summed E-state index contributed by atoms with van der Waals surface area (Å²) in [6, 6.07) is 20.3. The third-order valence-electron chi connectivity index (χ3n) is 6.14. The maximum Gasteiger partial charge on any atom is 0.244 e. The number of nitrogens with one attached hydrogen (secondary N) is 1. The Labute approximate surface area is 240 Å². The lowest BCUT2D eigenvalue weighted by atomic mass is 10.0. The molecule has 0 saturated heterocycles. The van der Waals surface area contributed by atoms with E-state index in [4.69, 9.17) is 23.2 Å². The smallest absolute Gasteiger partial charge is 0.244 e. The van der Waals surface area contributed by atoms with Crippen LogP contribution in [0, 0.1) is 6.92 Å². The summed E-state index contributed by atoms with van der Waals surface area (Å²) in [4.78, 5) is 28.9. The number of amides is 2. The predicted octanol–water partition coefficient (Wildman–Crippen LogP) is 5.23. The molecule has 0 aromatic heterocycles. The predicted molar refractivity (Wildman–Crippen MR) is 158 cm³/mol. The van der Waals surface area contributed by atoms with Crippen molar-refractivity contribution in [2.24, 2.45) is 0 Å². The second-order valence-corrected chi connectivity index (χ2v) is 12.1. The van der Waals surface area contributed by atoms with Gasteiger partial charge in [-0.15, -0.1) is 0 Å². The summed E-state index contributed by atoms with van der Waals surface area (Å²) in [6.07, 6.45) is 2.01. The Morgan fingerprint density at radius 2 is 1.69 bits per heavy atom. The second kappa shape index (κ2) is 13.8. The lowest BCUT2D eigenvalue weighted by Crippen LogP contribution is -2.53. The zero-order valence-electron chi connectivity index (χ0n) is 22.2. The number of carbonyl (C=O) groups excluding carboxylic acids is 2. The zero-order chi connectivity index (χ0) is 28.6.